The van der Waals surface area contributed by atoms with Gasteiger partial charge in [-0.25, -0.2) is 8.42 Å². The number of sulfone groups is 1. The first-order chi connectivity index (χ1) is 11.3. The van der Waals surface area contributed by atoms with E-state index in [1.54, 1.807) is 0 Å². The molecule has 5 fully saturated rings. The highest BCUT2D eigenvalue weighted by Gasteiger charge is 2.50. The molecule has 0 aromatic rings. The third-order valence-electron chi connectivity index (χ3n) is 7.42. The molecule has 0 aromatic carbocycles. The van der Waals surface area contributed by atoms with Crippen molar-refractivity contribution in [2.45, 2.75) is 57.8 Å². The number of nitrogens with zero attached hydrogens (tertiary/aromatic N) is 1. The Kier molecular flexibility index (Phi) is 4.21. The molecule has 5 aliphatic rings. The highest BCUT2D eigenvalue weighted by atomic mass is 32.2. The summed E-state index contributed by atoms with van der Waals surface area (Å²) < 4.78 is 23.1. The van der Waals surface area contributed by atoms with Crippen molar-refractivity contribution in [2.75, 3.05) is 25.1 Å². The Labute approximate surface area is 146 Å². The zero-order valence-electron chi connectivity index (χ0n) is 14.9. The van der Waals surface area contributed by atoms with Crippen molar-refractivity contribution in [1.82, 2.24) is 4.90 Å². The van der Waals surface area contributed by atoms with Gasteiger partial charge in [0.15, 0.2) is 0 Å². The summed E-state index contributed by atoms with van der Waals surface area (Å²) in [5.74, 6) is 3.35. The number of carbonyl (C=O) groups excluding carboxylic acids is 1. The highest BCUT2D eigenvalue weighted by Crippen LogP contribution is 2.61. The fraction of sp³-hybridized carbons (Fsp3) is 0.947. The number of hydrogen-bond acceptors (Lipinski definition) is 3. The van der Waals surface area contributed by atoms with Crippen molar-refractivity contribution >= 4 is 15.7 Å². The molecule has 4 bridgehead atoms. The van der Waals surface area contributed by atoms with Crippen LogP contribution in [0.5, 0.6) is 0 Å². The van der Waals surface area contributed by atoms with E-state index in [4.69, 9.17) is 0 Å². The van der Waals surface area contributed by atoms with E-state index < -0.39 is 9.84 Å². The molecule has 0 spiro atoms. The third-order valence-corrected chi connectivity index (χ3v) is 9.14. The average Bonchev–Trinajstić information content (AvgIpc) is 2.51. The Bertz CT molecular complexity index is 563. The lowest BCUT2D eigenvalue weighted by Crippen LogP contribution is -2.47. The van der Waals surface area contributed by atoms with E-state index >= 15 is 0 Å². The van der Waals surface area contributed by atoms with Crippen LogP contribution in [-0.2, 0) is 14.6 Å². The first-order valence-corrected chi connectivity index (χ1v) is 11.6. The van der Waals surface area contributed by atoms with Crippen LogP contribution in [0.4, 0.5) is 0 Å². The average molecular weight is 354 g/mol. The lowest BCUT2D eigenvalue weighted by molar-refractivity contribution is -0.135. The molecule has 1 heterocycles. The van der Waals surface area contributed by atoms with Crippen molar-refractivity contribution in [3.63, 3.8) is 0 Å². The SMILES string of the molecule is CN(CCC12CC3CC(CC(C3)C1)C2)C(=O)C1CCS(=O)(=O)CC1. The van der Waals surface area contributed by atoms with Crippen LogP contribution >= 0.6 is 0 Å². The van der Waals surface area contributed by atoms with E-state index in [1.807, 2.05) is 11.9 Å². The van der Waals surface area contributed by atoms with Gasteiger partial charge in [-0.2, -0.15) is 0 Å². The molecule has 4 aliphatic carbocycles. The third kappa shape index (κ3) is 3.25. The fourth-order valence-corrected chi connectivity index (χ4v) is 8.05. The maximum absolute atomic E-state index is 12.7. The van der Waals surface area contributed by atoms with Gasteiger partial charge in [0.25, 0.3) is 0 Å². The molecule has 1 amide bonds. The van der Waals surface area contributed by atoms with Gasteiger partial charge in [0.2, 0.25) is 5.91 Å². The molecule has 0 unspecified atom stereocenters. The molecule has 4 saturated carbocycles. The Morgan fingerprint density at radius 1 is 1.00 bits per heavy atom. The molecule has 1 aliphatic heterocycles. The quantitative estimate of drug-likeness (QED) is 0.781. The first-order valence-electron chi connectivity index (χ1n) is 9.80. The Morgan fingerprint density at radius 3 is 2.00 bits per heavy atom. The van der Waals surface area contributed by atoms with Crippen LogP contribution in [0.25, 0.3) is 0 Å². The van der Waals surface area contributed by atoms with Crippen molar-refractivity contribution < 1.29 is 13.2 Å². The summed E-state index contributed by atoms with van der Waals surface area (Å²) in [4.78, 5) is 14.6. The minimum absolute atomic E-state index is 0.0742. The van der Waals surface area contributed by atoms with E-state index in [1.165, 1.54) is 38.5 Å². The summed E-state index contributed by atoms with van der Waals surface area (Å²) in [6, 6.07) is 0. The molecule has 136 valence electrons. The summed E-state index contributed by atoms with van der Waals surface area (Å²) >= 11 is 0. The van der Waals surface area contributed by atoms with E-state index in [-0.39, 0.29) is 23.3 Å². The molecule has 0 N–H and O–H groups in total. The van der Waals surface area contributed by atoms with Gasteiger partial charge in [0.1, 0.15) is 9.84 Å². The van der Waals surface area contributed by atoms with Crippen molar-refractivity contribution in [2.24, 2.45) is 29.1 Å². The van der Waals surface area contributed by atoms with E-state index in [0.29, 0.717) is 18.3 Å². The zero-order chi connectivity index (χ0) is 16.9. The Hall–Kier alpha value is -0.580. The topological polar surface area (TPSA) is 54.5 Å². The predicted octanol–water partition coefficient (Wildman–Crippen LogP) is 2.88. The second-order valence-corrected chi connectivity index (χ2v) is 11.7. The zero-order valence-corrected chi connectivity index (χ0v) is 15.7. The van der Waals surface area contributed by atoms with Crippen molar-refractivity contribution in [3.8, 4) is 0 Å². The van der Waals surface area contributed by atoms with Crippen LogP contribution < -0.4 is 0 Å². The number of rotatable bonds is 4. The maximum Gasteiger partial charge on any atom is 0.225 e. The minimum Gasteiger partial charge on any atom is -0.346 e. The number of hydrogen-bond donors (Lipinski definition) is 0. The molecule has 24 heavy (non-hydrogen) atoms. The van der Waals surface area contributed by atoms with Gasteiger partial charge in [-0.15, -0.1) is 0 Å². The molecule has 0 atom stereocenters. The highest BCUT2D eigenvalue weighted by molar-refractivity contribution is 7.91. The summed E-state index contributed by atoms with van der Waals surface area (Å²) in [5, 5.41) is 0. The van der Waals surface area contributed by atoms with Crippen LogP contribution in [0.15, 0.2) is 0 Å². The van der Waals surface area contributed by atoms with Crippen molar-refractivity contribution in [1.29, 1.82) is 0 Å². The van der Waals surface area contributed by atoms with E-state index in [9.17, 15) is 13.2 Å². The van der Waals surface area contributed by atoms with Gasteiger partial charge in [0, 0.05) is 19.5 Å². The van der Waals surface area contributed by atoms with Crippen LogP contribution in [0.1, 0.15) is 57.8 Å². The first kappa shape index (κ1) is 16.9. The molecular formula is C19H31NO3S. The summed E-state index contributed by atoms with van der Waals surface area (Å²) in [5.41, 5.74) is 0.513. The van der Waals surface area contributed by atoms with Gasteiger partial charge < -0.3 is 4.90 Å². The molecule has 1 saturated heterocycles. The molecule has 0 aromatic heterocycles. The van der Waals surface area contributed by atoms with Crippen LogP contribution in [-0.4, -0.2) is 44.3 Å². The van der Waals surface area contributed by atoms with Gasteiger partial charge >= 0.3 is 0 Å². The largest absolute Gasteiger partial charge is 0.346 e. The fourth-order valence-electron chi connectivity index (χ4n) is 6.56. The van der Waals surface area contributed by atoms with Crippen LogP contribution in [0, 0.1) is 29.1 Å². The van der Waals surface area contributed by atoms with E-state index in [0.717, 1.165) is 30.7 Å². The normalized spacial score (nSPS) is 40.6. The van der Waals surface area contributed by atoms with Gasteiger partial charge in [-0.3, -0.25) is 4.79 Å². The van der Waals surface area contributed by atoms with Crippen LogP contribution in [0.2, 0.25) is 0 Å². The Balaban J connectivity index is 1.32. The molecule has 5 rings (SSSR count). The Morgan fingerprint density at radius 2 is 1.50 bits per heavy atom. The smallest absolute Gasteiger partial charge is 0.225 e. The maximum atomic E-state index is 12.7. The lowest BCUT2D eigenvalue weighted by Gasteiger charge is -2.57. The van der Waals surface area contributed by atoms with Gasteiger partial charge in [-0.1, -0.05) is 0 Å². The number of amides is 1. The number of carbonyl (C=O) groups is 1. The van der Waals surface area contributed by atoms with Gasteiger partial charge in [0.05, 0.1) is 11.5 Å². The lowest BCUT2D eigenvalue weighted by atomic mass is 9.49. The molecule has 4 nitrogen and oxygen atoms in total. The molecule has 5 heteroatoms. The van der Waals surface area contributed by atoms with Crippen LogP contribution in [0.3, 0.4) is 0 Å². The van der Waals surface area contributed by atoms with Gasteiger partial charge in [-0.05, 0) is 81.0 Å². The van der Waals surface area contributed by atoms with E-state index in [2.05, 4.69) is 0 Å². The minimum atomic E-state index is -2.89. The standard InChI is InChI=1S/C19H31NO3S/c1-20(18(21)17-2-6-24(22,23)7-3-17)5-4-19-11-14-8-15(12-19)10-16(9-14)13-19/h14-17H,2-13H2,1H3. The second kappa shape index (κ2) is 6.00. The second-order valence-electron chi connectivity index (χ2n) is 9.35. The molecule has 0 radical (unpaired) electrons. The summed E-state index contributed by atoms with van der Waals surface area (Å²) in [6.45, 7) is 0.855. The predicted molar refractivity (Wildman–Crippen MR) is 94.2 cm³/mol. The monoisotopic (exact) mass is 353 g/mol. The summed E-state index contributed by atoms with van der Waals surface area (Å²) in [6.07, 6.45) is 10.8. The molecular weight excluding hydrogens is 322 g/mol. The summed E-state index contributed by atoms with van der Waals surface area (Å²) in [7, 11) is -0.966. The van der Waals surface area contributed by atoms with Crippen molar-refractivity contribution in [3.05, 3.63) is 0 Å².